The minimum atomic E-state index is -3.41. The number of phenolic OH excluding ortho intramolecular Hbond substituents is 1. The molecule has 0 aliphatic rings. The highest BCUT2D eigenvalue weighted by Crippen LogP contribution is 2.22. The number of carbonyl (C=O) groups is 1. The molecular weight excluding hydrogens is 230 g/mol. The van der Waals surface area contributed by atoms with Crippen molar-refractivity contribution in [2.75, 3.05) is 6.26 Å². The number of ketones is 1. The number of sulfone groups is 1. The second-order valence-corrected chi connectivity index (χ2v) is 5.62. The van der Waals surface area contributed by atoms with E-state index in [1.807, 2.05) is 0 Å². The average molecular weight is 243 g/mol. The SMILES string of the molecule is CC(N)C(=O)c1cc(S(C)(=O)=O)ccc1O. The van der Waals surface area contributed by atoms with Gasteiger partial charge >= 0.3 is 0 Å². The molecule has 5 nitrogen and oxygen atoms in total. The van der Waals surface area contributed by atoms with Crippen LogP contribution in [-0.4, -0.2) is 31.6 Å². The van der Waals surface area contributed by atoms with Gasteiger partial charge in [0.1, 0.15) is 5.75 Å². The number of Topliss-reactive ketones (excluding diaryl/α,β-unsaturated/α-hetero) is 1. The van der Waals surface area contributed by atoms with Crippen LogP contribution in [0.15, 0.2) is 23.1 Å². The molecule has 0 aromatic heterocycles. The predicted molar refractivity (Wildman–Crippen MR) is 59.2 cm³/mol. The normalized spacial score (nSPS) is 13.4. The Morgan fingerprint density at radius 1 is 1.44 bits per heavy atom. The third kappa shape index (κ3) is 2.59. The van der Waals surface area contributed by atoms with Crippen LogP contribution in [0.25, 0.3) is 0 Å². The highest BCUT2D eigenvalue weighted by Gasteiger charge is 2.18. The lowest BCUT2D eigenvalue weighted by atomic mass is 10.1. The lowest BCUT2D eigenvalue weighted by Crippen LogP contribution is -2.26. The van der Waals surface area contributed by atoms with Gasteiger partial charge in [-0.3, -0.25) is 4.79 Å². The fourth-order valence-corrected chi connectivity index (χ4v) is 1.84. The zero-order valence-electron chi connectivity index (χ0n) is 8.97. The van der Waals surface area contributed by atoms with Gasteiger partial charge < -0.3 is 10.8 Å². The van der Waals surface area contributed by atoms with Crippen LogP contribution in [0.5, 0.6) is 5.75 Å². The van der Waals surface area contributed by atoms with Gasteiger partial charge in [0.2, 0.25) is 0 Å². The van der Waals surface area contributed by atoms with Crippen LogP contribution >= 0.6 is 0 Å². The summed E-state index contributed by atoms with van der Waals surface area (Å²) in [7, 11) is -3.41. The summed E-state index contributed by atoms with van der Waals surface area (Å²) in [5.41, 5.74) is 5.31. The van der Waals surface area contributed by atoms with Gasteiger partial charge in [-0.1, -0.05) is 0 Å². The summed E-state index contributed by atoms with van der Waals surface area (Å²) < 4.78 is 22.5. The Morgan fingerprint density at radius 3 is 2.44 bits per heavy atom. The first kappa shape index (κ1) is 12.7. The summed E-state index contributed by atoms with van der Waals surface area (Å²) in [6, 6.07) is 2.76. The third-order valence-electron chi connectivity index (χ3n) is 2.08. The maximum atomic E-state index is 11.6. The van der Waals surface area contributed by atoms with Gasteiger partial charge in [0.05, 0.1) is 16.5 Å². The molecule has 1 atom stereocenters. The van der Waals surface area contributed by atoms with Crippen molar-refractivity contribution in [3.63, 3.8) is 0 Å². The monoisotopic (exact) mass is 243 g/mol. The topological polar surface area (TPSA) is 97.5 Å². The van der Waals surface area contributed by atoms with Crippen LogP contribution in [0.3, 0.4) is 0 Å². The average Bonchev–Trinajstić information content (AvgIpc) is 2.15. The molecule has 0 amide bonds. The van der Waals surface area contributed by atoms with E-state index in [1.165, 1.54) is 19.1 Å². The standard InChI is InChI=1S/C10H13NO4S/c1-6(11)10(13)8-5-7(16(2,14)15)3-4-9(8)12/h3-6,12H,11H2,1-2H3. The van der Waals surface area contributed by atoms with E-state index in [1.54, 1.807) is 0 Å². The Hall–Kier alpha value is -1.40. The van der Waals surface area contributed by atoms with Crippen LogP contribution < -0.4 is 5.73 Å². The van der Waals surface area contributed by atoms with Crippen molar-refractivity contribution in [1.82, 2.24) is 0 Å². The van der Waals surface area contributed by atoms with Gasteiger partial charge in [0.25, 0.3) is 0 Å². The quantitative estimate of drug-likeness (QED) is 0.745. The van der Waals surface area contributed by atoms with Crippen molar-refractivity contribution in [3.8, 4) is 5.75 Å². The minimum absolute atomic E-state index is 0.0192. The number of phenols is 1. The highest BCUT2D eigenvalue weighted by molar-refractivity contribution is 7.90. The first-order valence-corrected chi connectivity index (χ1v) is 6.45. The minimum Gasteiger partial charge on any atom is -0.507 e. The lowest BCUT2D eigenvalue weighted by molar-refractivity contribution is 0.0965. The molecule has 16 heavy (non-hydrogen) atoms. The molecule has 88 valence electrons. The summed E-state index contributed by atoms with van der Waals surface area (Å²) in [5, 5.41) is 9.45. The van der Waals surface area contributed by atoms with Crippen LogP contribution in [0.2, 0.25) is 0 Å². The second kappa shape index (κ2) is 4.23. The van der Waals surface area contributed by atoms with Crippen molar-refractivity contribution >= 4 is 15.6 Å². The van der Waals surface area contributed by atoms with Crippen molar-refractivity contribution in [3.05, 3.63) is 23.8 Å². The number of aromatic hydroxyl groups is 1. The van der Waals surface area contributed by atoms with Crippen LogP contribution in [0.1, 0.15) is 17.3 Å². The van der Waals surface area contributed by atoms with Gasteiger partial charge in [-0.2, -0.15) is 0 Å². The maximum absolute atomic E-state index is 11.6. The Kier molecular flexibility index (Phi) is 3.35. The molecule has 0 fully saturated rings. The van der Waals surface area contributed by atoms with Crippen molar-refractivity contribution in [2.45, 2.75) is 17.9 Å². The molecule has 0 saturated carbocycles. The number of nitrogens with two attached hydrogens (primary N) is 1. The number of rotatable bonds is 3. The largest absolute Gasteiger partial charge is 0.507 e. The Morgan fingerprint density at radius 2 is 2.00 bits per heavy atom. The number of hydrogen-bond acceptors (Lipinski definition) is 5. The molecule has 1 aromatic carbocycles. The molecule has 0 spiro atoms. The predicted octanol–water partition coefficient (Wildman–Crippen LogP) is 0.326. The molecule has 3 N–H and O–H groups in total. The van der Waals surface area contributed by atoms with Crippen LogP contribution in [-0.2, 0) is 9.84 Å². The van der Waals surface area contributed by atoms with Gasteiger partial charge in [0.15, 0.2) is 15.6 Å². The van der Waals surface area contributed by atoms with E-state index >= 15 is 0 Å². The smallest absolute Gasteiger partial charge is 0.182 e. The lowest BCUT2D eigenvalue weighted by Gasteiger charge is -2.08. The Labute approximate surface area is 93.8 Å². The summed E-state index contributed by atoms with van der Waals surface area (Å²) in [6.07, 6.45) is 1.03. The maximum Gasteiger partial charge on any atom is 0.182 e. The van der Waals surface area contributed by atoms with E-state index < -0.39 is 21.7 Å². The molecule has 6 heteroatoms. The molecule has 0 heterocycles. The van der Waals surface area contributed by atoms with E-state index in [9.17, 15) is 18.3 Å². The second-order valence-electron chi connectivity index (χ2n) is 3.60. The van der Waals surface area contributed by atoms with Gasteiger partial charge in [-0.05, 0) is 25.1 Å². The first-order valence-electron chi connectivity index (χ1n) is 4.56. The summed E-state index contributed by atoms with van der Waals surface area (Å²) in [5.74, 6) is -0.766. The summed E-state index contributed by atoms with van der Waals surface area (Å²) in [4.78, 5) is 11.5. The number of carbonyl (C=O) groups excluding carboxylic acids is 1. The van der Waals surface area contributed by atoms with Crippen molar-refractivity contribution in [1.29, 1.82) is 0 Å². The van der Waals surface area contributed by atoms with Crippen LogP contribution in [0, 0.1) is 0 Å². The highest BCUT2D eigenvalue weighted by atomic mass is 32.2. The summed E-state index contributed by atoms with van der Waals surface area (Å²) in [6.45, 7) is 1.47. The molecule has 0 radical (unpaired) electrons. The number of hydrogen-bond donors (Lipinski definition) is 2. The number of benzene rings is 1. The fourth-order valence-electron chi connectivity index (χ4n) is 1.19. The van der Waals surface area contributed by atoms with E-state index in [0.717, 1.165) is 12.3 Å². The van der Waals surface area contributed by atoms with Gasteiger partial charge in [0, 0.05) is 6.26 Å². The van der Waals surface area contributed by atoms with Gasteiger partial charge in [-0.25, -0.2) is 8.42 Å². The first-order chi connectivity index (χ1) is 7.23. The van der Waals surface area contributed by atoms with E-state index in [-0.39, 0.29) is 16.2 Å². The molecular formula is C10H13NO4S. The molecule has 1 aromatic rings. The van der Waals surface area contributed by atoms with Crippen molar-refractivity contribution in [2.24, 2.45) is 5.73 Å². The van der Waals surface area contributed by atoms with Crippen molar-refractivity contribution < 1.29 is 18.3 Å². The molecule has 0 aliphatic carbocycles. The van der Waals surface area contributed by atoms with E-state index in [4.69, 9.17) is 5.73 Å². The molecule has 0 aliphatic heterocycles. The van der Waals surface area contributed by atoms with E-state index in [2.05, 4.69) is 0 Å². The zero-order valence-corrected chi connectivity index (χ0v) is 9.78. The zero-order chi connectivity index (χ0) is 12.5. The molecule has 0 bridgehead atoms. The fraction of sp³-hybridized carbons (Fsp3) is 0.300. The molecule has 1 rings (SSSR count). The van der Waals surface area contributed by atoms with E-state index in [0.29, 0.717) is 0 Å². The summed E-state index contributed by atoms with van der Waals surface area (Å²) >= 11 is 0. The Bertz CT molecular complexity index is 520. The van der Waals surface area contributed by atoms with Gasteiger partial charge in [-0.15, -0.1) is 0 Å². The van der Waals surface area contributed by atoms with Crippen LogP contribution in [0.4, 0.5) is 0 Å². The Balaban J connectivity index is 3.36. The third-order valence-corrected chi connectivity index (χ3v) is 3.19. The molecule has 0 saturated heterocycles. The molecule has 1 unspecified atom stereocenters.